The summed E-state index contributed by atoms with van der Waals surface area (Å²) in [6, 6.07) is 3.83. The van der Waals surface area contributed by atoms with Crippen molar-refractivity contribution in [3.8, 4) is 11.5 Å². The van der Waals surface area contributed by atoms with Gasteiger partial charge in [-0.25, -0.2) is 4.98 Å². The average Bonchev–Trinajstić information content (AvgIpc) is 2.84. The molecule has 1 aliphatic heterocycles. The normalized spacial score (nSPS) is 19.8. The van der Waals surface area contributed by atoms with Crippen molar-refractivity contribution in [2.45, 2.75) is 25.4 Å². The second-order valence-electron chi connectivity index (χ2n) is 4.03. The van der Waals surface area contributed by atoms with Gasteiger partial charge < -0.3 is 14.7 Å². The smallest absolute Gasteiger partial charge is 0.169 e. The van der Waals surface area contributed by atoms with Crippen LogP contribution in [0, 0.1) is 0 Å². The standard InChI is InChI=1S/C11H12BrN3O/c12-10-4-3-9(16-10)8-6-15-5-1-2-7(13)11(15)14-8/h3-4,6-7H,1-2,5,13H2. The molecule has 2 aromatic rings. The van der Waals surface area contributed by atoms with Crippen molar-refractivity contribution in [2.24, 2.45) is 5.73 Å². The quantitative estimate of drug-likeness (QED) is 0.874. The van der Waals surface area contributed by atoms with Gasteiger partial charge in [-0.15, -0.1) is 0 Å². The number of rotatable bonds is 1. The molecule has 0 bridgehead atoms. The molecule has 2 N–H and O–H groups in total. The lowest BCUT2D eigenvalue weighted by Crippen LogP contribution is -2.21. The van der Waals surface area contributed by atoms with Gasteiger partial charge in [-0.1, -0.05) is 0 Å². The summed E-state index contributed by atoms with van der Waals surface area (Å²) in [5, 5.41) is 0. The third kappa shape index (κ3) is 1.60. The van der Waals surface area contributed by atoms with E-state index in [1.807, 2.05) is 18.3 Å². The Hall–Kier alpha value is -1.07. The molecule has 3 rings (SSSR count). The maximum absolute atomic E-state index is 6.02. The van der Waals surface area contributed by atoms with Crippen LogP contribution in [-0.2, 0) is 6.54 Å². The summed E-state index contributed by atoms with van der Waals surface area (Å²) < 4.78 is 8.33. The molecule has 2 aromatic heterocycles. The first-order valence-electron chi connectivity index (χ1n) is 5.32. The predicted molar refractivity (Wildman–Crippen MR) is 63.8 cm³/mol. The van der Waals surface area contributed by atoms with E-state index in [-0.39, 0.29) is 6.04 Å². The average molecular weight is 282 g/mol. The van der Waals surface area contributed by atoms with Crippen LogP contribution in [0.5, 0.6) is 0 Å². The summed E-state index contributed by atoms with van der Waals surface area (Å²) in [4.78, 5) is 4.54. The zero-order valence-electron chi connectivity index (χ0n) is 8.69. The van der Waals surface area contributed by atoms with Crippen molar-refractivity contribution in [3.63, 3.8) is 0 Å². The summed E-state index contributed by atoms with van der Waals surface area (Å²) in [5.74, 6) is 1.75. The van der Waals surface area contributed by atoms with Gasteiger partial charge >= 0.3 is 0 Å². The van der Waals surface area contributed by atoms with Crippen molar-refractivity contribution in [1.29, 1.82) is 0 Å². The number of aryl methyl sites for hydroxylation is 1. The summed E-state index contributed by atoms with van der Waals surface area (Å²) in [6.45, 7) is 0.998. The molecule has 16 heavy (non-hydrogen) atoms. The molecule has 0 spiro atoms. The largest absolute Gasteiger partial charge is 0.448 e. The molecule has 84 valence electrons. The van der Waals surface area contributed by atoms with E-state index in [1.54, 1.807) is 0 Å². The predicted octanol–water partition coefficient (Wildman–Crippen LogP) is 2.70. The highest BCUT2D eigenvalue weighted by atomic mass is 79.9. The number of halogens is 1. The molecule has 0 fully saturated rings. The maximum Gasteiger partial charge on any atom is 0.169 e. The van der Waals surface area contributed by atoms with E-state index in [1.165, 1.54) is 0 Å². The lowest BCUT2D eigenvalue weighted by atomic mass is 10.1. The van der Waals surface area contributed by atoms with E-state index in [2.05, 4.69) is 25.5 Å². The monoisotopic (exact) mass is 281 g/mol. The molecule has 0 amide bonds. The van der Waals surface area contributed by atoms with Gasteiger partial charge in [0.1, 0.15) is 11.5 Å². The second kappa shape index (κ2) is 3.75. The van der Waals surface area contributed by atoms with Gasteiger partial charge in [0.25, 0.3) is 0 Å². The Morgan fingerprint density at radius 2 is 2.38 bits per heavy atom. The van der Waals surface area contributed by atoms with Gasteiger partial charge in [0.2, 0.25) is 0 Å². The maximum atomic E-state index is 6.02. The first-order valence-corrected chi connectivity index (χ1v) is 6.12. The highest BCUT2D eigenvalue weighted by Gasteiger charge is 2.20. The molecule has 4 nitrogen and oxygen atoms in total. The molecule has 0 radical (unpaired) electrons. The molecule has 0 aromatic carbocycles. The number of nitrogens with zero attached hydrogens (tertiary/aromatic N) is 2. The highest BCUT2D eigenvalue weighted by molar-refractivity contribution is 9.10. The van der Waals surface area contributed by atoms with Crippen molar-refractivity contribution >= 4 is 15.9 Å². The van der Waals surface area contributed by atoms with Crippen LogP contribution in [-0.4, -0.2) is 9.55 Å². The fourth-order valence-electron chi connectivity index (χ4n) is 2.09. The zero-order chi connectivity index (χ0) is 11.1. The second-order valence-corrected chi connectivity index (χ2v) is 4.81. The molecule has 1 aliphatic rings. The minimum atomic E-state index is 0.0564. The van der Waals surface area contributed by atoms with E-state index >= 15 is 0 Å². The van der Waals surface area contributed by atoms with E-state index in [0.29, 0.717) is 0 Å². The summed E-state index contributed by atoms with van der Waals surface area (Å²) in [7, 11) is 0. The molecule has 3 heterocycles. The van der Waals surface area contributed by atoms with Gasteiger partial charge in [-0.3, -0.25) is 0 Å². The van der Waals surface area contributed by atoms with Gasteiger partial charge in [-0.05, 0) is 40.9 Å². The van der Waals surface area contributed by atoms with Crippen LogP contribution in [0.3, 0.4) is 0 Å². The van der Waals surface area contributed by atoms with E-state index < -0.39 is 0 Å². The van der Waals surface area contributed by atoms with Crippen LogP contribution < -0.4 is 5.73 Å². The van der Waals surface area contributed by atoms with Gasteiger partial charge in [0, 0.05) is 12.7 Å². The number of nitrogens with two attached hydrogens (primary N) is 1. The van der Waals surface area contributed by atoms with Crippen molar-refractivity contribution in [2.75, 3.05) is 0 Å². The Morgan fingerprint density at radius 3 is 3.06 bits per heavy atom. The van der Waals surface area contributed by atoms with E-state index in [4.69, 9.17) is 10.2 Å². The number of hydrogen-bond donors (Lipinski definition) is 1. The van der Waals surface area contributed by atoms with Crippen LogP contribution in [0.2, 0.25) is 0 Å². The van der Waals surface area contributed by atoms with Crippen LogP contribution >= 0.6 is 15.9 Å². The SMILES string of the molecule is NC1CCCn2cc(-c3ccc(Br)o3)nc21. The zero-order valence-corrected chi connectivity index (χ0v) is 10.3. The lowest BCUT2D eigenvalue weighted by Gasteiger charge is -2.19. The molecule has 0 saturated carbocycles. The minimum absolute atomic E-state index is 0.0564. The number of aromatic nitrogens is 2. The van der Waals surface area contributed by atoms with E-state index in [0.717, 1.165) is 41.3 Å². The first kappa shape index (κ1) is 10.1. The molecule has 5 heteroatoms. The molecule has 0 saturated heterocycles. The van der Waals surface area contributed by atoms with Gasteiger partial charge in [0.15, 0.2) is 10.4 Å². The molecule has 0 aliphatic carbocycles. The summed E-state index contributed by atoms with van der Waals surface area (Å²) in [6.07, 6.45) is 4.14. The fourth-order valence-corrected chi connectivity index (χ4v) is 2.39. The molecular formula is C11H12BrN3O. The van der Waals surface area contributed by atoms with Gasteiger partial charge in [0.05, 0.1) is 6.04 Å². The molecule has 1 unspecified atom stereocenters. The Labute approximate surface area is 102 Å². The topological polar surface area (TPSA) is 57.0 Å². The Balaban J connectivity index is 2.04. The highest BCUT2D eigenvalue weighted by Crippen LogP contribution is 2.28. The van der Waals surface area contributed by atoms with Crippen LogP contribution in [0.1, 0.15) is 24.7 Å². The van der Waals surface area contributed by atoms with Gasteiger partial charge in [-0.2, -0.15) is 0 Å². The van der Waals surface area contributed by atoms with Crippen LogP contribution in [0.4, 0.5) is 0 Å². The first-order chi connectivity index (χ1) is 7.74. The third-order valence-corrected chi connectivity index (χ3v) is 3.31. The van der Waals surface area contributed by atoms with Crippen LogP contribution in [0.25, 0.3) is 11.5 Å². The van der Waals surface area contributed by atoms with Crippen molar-refractivity contribution in [1.82, 2.24) is 9.55 Å². The molecule has 1 atom stereocenters. The Kier molecular flexibility index (Phi) is 2.37. The summed E-state index contributed by atoms with van der Waals surface area (Å²) in [5.41, 5.74) is 6.88. The number of hydrogen-bond acceptors (Lipinski definition) is 3. The Morgan fingerprint density at radius 1 is 1.50 bits per heavy atom. The van der Waals surface area contributed by atoms with Crippen molar-refractivity contribution < 1.29 is 4.42 Å². The number of furan rings is 1. The number of imidazole rings is 1. The van der Waals surface area contributed by atoms with Crippen LogP contribution in [0.15, 0.2) is 27.4 Å². The number of fused-ring (bicyclic) bond motifs is 1. The van der Waals surface area contributed by atoms with E-state index in [9.17, 15) is 0 Å². The summed E-state index contributed by atoms with van der Waals surface area (Å²) >= 11 is 3.29. The Bertz CT molecular complexity index is 517. The fraction of sp³-hybridized carbons (Fsp3) is 0.364. The third-order valence-electron chi connectivity index (χ3n) is 2.88. The molecular weight excluding hydrogens is 270 g/mol. The van der Waals surface area contributed by atoms with Crippen molar-refractivity contribution in [3.05, 3.63) is 28.8 Å². The lowest BCUT2D eigenvalue weighted by molar-refractivity contribution is 0.451. The minimum Gasteiger partial charge on any atom is -0.448 e.